The fourth-order valence-electron chi connectivity index (χ4n) is 2.36. The minimum atomic E-state index is -0.415. The van der Waals surface area contributed by atoms with Crippen molar-refractivity contribution in [1.29, 1.82) is 0 Å². The van der Waals surface area contributed by atoms with Gasteiger partial charge in [-0.15, -0.1) is 0 Å². The molecule has 138 valence electrons. The lowest BCUT2D eigenvalue weighted by molar-refractivity contribution is -0.121. The predicted molar refractivity (Wildman–Crippen MR) is 99.2 cm³/mol. The molecule has 6 nitrogen and oxygen atoms in total. The van der Waals surface area contributed by atoms with E-state index in [0.29, 0.717) is 36.7 Å². The summed E-state index contributed by atoms with van der Waals surface area (Å²) in [5.74, 6) is 0.412. The highest BCUT2D eigenvalue weighted by Crippen LogP contribution is 2.28. The van der Waals surface area contributed by atoms with Crippen molar-refractivity contribution in [1.82, 2.24) is 10.9 Å². The van der Waals surface area contributed by atoms with Crippen LogP contribution in [0.3, 0.4) is 0 Å². The first-order valence-electron chi connectivity index (χ1n) is 8.66. The molecule has 0 heterocycles. The van der Waals surface area contributed by atoms with E-state index in [4.69, 9.17) is 9.47 Å². The first kappa shape index (κ1) is 19.3. The van der Waals surface area contributed by atoms with Crippen LogP contribution in [0.15, 0.2) is 48.5 Å². The van der Waals surface area contributed by atoms with E-state index in [9.17, 15) is 9.59 Å². The van der Waals surface area contributed by atoms with Crippen LogP contribution < -0.4 is 20.3 Å². The Bertz CT molecular complexity index is 732. The maximum atomic E-state index is 12.2. The van der Waals surface area contributed by atoms with Crippen LogP contribution in [0.1, 0.15) is 36.2 Å². The van der Waals surface area contributed by atoms with Crippen molar-refractivity contribution >= 4 is 11.8 Å². The van der Waals surface area contributed by atoms with Gasteiger partial charge >= 0.3 is 0 Å². The van der Waals surface area contributed by atoms with Crippen LogP contribution >= 0.6 is 0 Å². The zero-order valence-electron chi connectivity index (χ0n) is 15.1. The predicted octanol–water partition coefficient (Wildman–Crippen LogP) is 2.88. The molecule has 2 N–H and O–H groups in total. The molecule has 0 aliphatic heterocycles. The smallest absolute Gasteiger partial charge is 0.269 e. The Labute approximate surface area is 153 Å². The standard InChI is InChI=1S/C20H24N2O4/c1-3-25-17-12-11-16(14-18(17)26-4-2)20(24)22-21-19(23)13-10-15-8-6-5-7-9-15/h5-9,11-12,14H,3-4,10,13H2,1-2H3,(H,21,23)(H,22,24). The van der Waals surface area contributed by atoms with Gasteiger partial charge in [-0.2, -0.15) is 0 Å². The van der Waals surface area contributed by atoms with Gasteiger partial charge in [0.1, 0.15) is 0 Å². The van der Waals surface area contributed by atoms with E-state index in [1.807, 2.05) is 44.2 Å². The molecule has 0 saturated heterocycles. The number of hydrogen-bond acceptors (Lipinski definition) is 4. The lowest BCUT2D eigenvalue weighted by atomic mass is 10.1. The van der Waals surface area contributed by atoms with Crippen molar-refractivity contribution in [3.05, 3.63) is 59.7 Å². The Morgan fingerprint density at radius 1 is 0.885 bits per heavy atom. The van der Waals surface area contributed by atoms with Gasteiger partial charge < -0.3 is 9.47 Å². The number of aryl methyl sites for hydroxylation is 1. The van der Waals surface area contributed by atoms with E-state index in [1.165, 1.54) is 0 Å². The monoisotopic (exact) mass is 356 g/mol. The lowest BCUT2D eigenvalue weighted by Gasteiger charge is -2.13. The van der Waals surface area contributed by atoms with Crippen LogP contribution in [-0.4, -0.2) is 25.0 Å². The molecular formula is C20H24N2O4. The van der Waals surface area contributed by atoms with Crippen molar-refractivity contribution in [3.63, 3.8) is 0 Å². The van der Waals surface area contributed by atoms with Gasteiger partial charge in [-0.3, -0.25) is 20.4 Å². The largest absolute Gasteiger partial charge is 0.490 e. The molecule has 2 aromatic rings. The first-order chi connectivity index (χ1) is 12.6. The number of hydrogen-bond donors (Lipinski definition) is 2. The molecule has 2 amide bonds. The number of hydrazine groups is 1. The minimum Gasteiger partial charge on any atom is -0.490 e. The quantitative estimate of drug-likeness (QED) is 0.713. The molecule has 0 bridgehead atoms. The van der Waals surface area contributed by atoms with Gasteiger partial charge in [0.25, 0.3) is 5.91 Å². The third-order valence-corrected chi connectivity index (χ3v) is 3.60. The van der Waals surface area contributed by atoms with Crippen LogP contribution in [0.25, 0.3) is 0 Å². The summed E-state index contributed by atoms with van der Waals surface area (Å²) in [4.78, 5) is 24.1. The summed E-state index contributed by atoms with van der Waals surface area (Å²) in [5, 5.41) is 0. The zero-order valence-corrected chi connectivity index (χ0v) is 15.1. The van der Waals surface area contributed by atoms with E-state index in [0.717, 1.165) is 5.56 Å². The zero-order chi connectivity index (χ0) is 18.8. The molecule has 0 aromatic heterocycles. The molecule has 0 unspecified atom stereocenters. The van der Waals surface area contributed by atoms with E-state index >= 15 is 0 Å². The molecule has 0 saturated carbocycles. The number of ether oxygens (including phenoxy) is 2. The van der Waals surface area contributed by atoms with Gasteiger partial charge in [0.05, 0.1) is 13.2 Å². The summed E-state index contributed by atoms with van der Waals surface area (Å²) in [6, 6.07) is 14.6. The molecule has 26 heavy (non-hydrogen) atoms. The highest BCUT2D eigenvalue weighted by atomic mass is 16.5. The van der Waals surface area contributed by atoms with E-state index in [2.05, 4.69) is 10.9 Å². The van der Waals surface area contributed by atoms with Crippen molar-refractivity contribution in [2.24, 2.45) is 0 Å². The molecule has 6 heteroatoms. The minimum absolute atomic E-state index is 0.252. The summed E-state index contributed by atoms with van der Waals surface area (Å²) < 4.78 is 11.0. The summed E-state index contributed by atoms with van der Waals surface area (Å²) in [6.07, 6.45) is 0.901. The summed E-state index contributed by atoms with van der Waals surface area (Å²) >= 11 is 0. The number of carbonyl (C=O) groups is 2. The third-order valence-electron chi connectivity index (χ3n) is 3.60. The average Bonchev–Trinajstić information content (AvgIpc) is 2.67. The Morgan fingerprint density at radius 2 is 1.58 bits per heavy atom. The van der Waals surface area contributed by atoms with Crippen molar-refractivity contribution in [2.45, 2.75) is 26.7 Å². The fourth-order valence-corrected chi connectivity index (χ4v) is 2.36. The molecule has 0 radical (unpaired) electrons. The second-order valence-electron chi connectivity index (χ2n) is 5.52. The molecular weight excluding hydrogens is 332 g/mol. The van der Waals surface area contributed by atoms with Crippen LogP contribution in [0.5, 0.6) is 11.5 Å². The summed E-state index contributed by atoms with van der Waals surface area (Å²) in [5.41, 5.74) is 6.30. The molecule has 0 fully saturated rings. The number of carbonyl (C=O) groups excluding carboxylic acids is 2. The lowest BCUT2D eigenvalue weighted by Crippen LogP contribution is -2.41. The molecule has 0 atom stereocenters. The maximum Gasteiger partial charge on any atom is 0.269 e. The number of amides is 2. The van der Waals surface area contributed by atoms with Gasteiger partial charge in [-0.25, -0.2) is 0 Å². The fraction of sp³-hybridized carbons (Fsp3) is 0.300. The van der Waals surface area contributed by atoms with Crippen molar-refractivity contribution in [2.75, 3.05) is 13.2 Å². The Hall–Kier alpha value is -3.02. The number of nitrogens with one attached hydrogen (secondary N) is 2. The topological polar surface area (TPSA) is 76.7 Å². The second-order valence-corrected chi connectivity index (χ2v) is 5.52. The van der Waals surface area contributed by atoms with Crippen LogP contribution in [-0.2, 0) is 11.2 Å². The Morgan fingerprint density at radius 3 is 2.27 bits per heavy atom. The SMILES string of the molecule is CCOc1ccc(C(=O)NNC(=O)CCc2ccccc2)cc1OCC. The molecule has 0 aliphatic carbocycles. The first-order valence-corrected chi connectivity index (χ1v) is 8.66. The van der Waals surface area contributed by atoms with Crippen LogP contribution in [0.2, 0.25) is 0 Å². The van der Waals surface area contributed by atoms with Gasteiger partial charge in [0.2, 0.25) is 5.91 Å². The van der Waals surface area contributed by atoms with Crippen LogP contribution in [0.4, 0.5) is 0 Å². The van der Waals surface area contributed by atoms with Gasteiger partial charge in [0, 0.05) is 12.0 Å². The molecule has 0 spiro atoms. The van der Waals surface area contributed by atoms with Gasteiger partial charge in [-0.1, -0.05) is 30.3 Å². The number of benzene rings is 2. The van der Waals surface area contributed by atoms with E-state index < -0.39 is 5.91 Å². The van der Waals surface area contributed by atoms with Gasteiger partial charge in [0.15, 0.2) is 11.5 Å². The van der Waals surface area contributed by atoms with Crippen molar-refractivity contribution in [3.8, 4) is 11.5 Å². The van der Waals surface area contributed by atoms with Crippen molar-refractivity contribution < 1.29 is 19.1 Å². The molecule has 2 rings (SSSR count). The summed E-state index contributed by atoms with van der Waals surface area (Å²) in [6.45, 7) is 4.70. The second kappa shape index (κ2) is 10.1. The Balaban J connectivity index is 1.88. The highest BCUT2D eigenvalue weighted by Gasteiger charge is 2.12. The normalized spacial score (nSPS) is 10.1. The van der Waals surface area contributed by atoms with E-state index in [1.54, 1.807) is 18.2 Å². The molecule has 0 aliphatic rings. The highest BCUT2D eigenvalue weighted by molar-refractivity contribution is 5.96. The maximum absolute atomic E-state index is 12.2. The van der Waals surface area contributed by atoms with Gasteiger partial charge in [-0.05, 0) is 44.0 Å². The third kappa shape index (κ3) is 5.81. The van der Waals surface area contributed by atoms with Crippen LogP contribution in [0, 0.1) is 0 Å². The summed E-state index contributed by atoms with van der Waals surface area (Å²) in [7, 11) is 0. The molecule has 2 aromatic carbocycles. The number of rotatable bonds is 8. The Kier molecular flexibility index (Phi) is 7.49. The van der Waals surface area contributed by atoms with E-state index in [-0.39, 0.29) is 12.3 Å². The average molecular weight is 356 g/mol.